The molecule has 530 valence electrons. The monoisotopic (exact) mass is 1330 g/mol. The van der Waals surface area contributed by atoms with E-state index in [1.54, 1.807) is 76.2 Å². The van der Waals surface area contributed by atoms with Crippen molar-refractivity contribution in [3.05, 3.63) is 142 Å². The van der Waals surface area contributed by atoms with E-state index < -0.39 is 46.8 Å². The summed E-state index contributed by atoms with van der Waals surface area (Å²) in [5.74, 6) is -11.7. The highest BCUT2D eigenvalue weighted by Crippen LogP contribution is 2.42. The minimum absolute atomic E-state index is 0.129. The summed E-state index contributed by atoms with van der Waals surface area (Å²) in [7, 11) is 0. The number of alkyl halides is 8. The fourth-order valence-electron chi connectivity index (χ4n) is 15.2. The Bertz CT molecular complexity index is 2810. The summed E-state index contributed by atoms with van der Waals surface area (Å²) in [4.78, 5) is 47.7. The molecule has 4 aliphatic rings. The topological polar surface area (TPSA) is 68.3 Å². The molecule has 4 nitrogen and oxygen atoms in total. The van der Waals surface area contributed by atoms with Crippen molar-refractivity contribution < 1.29 is 54.3 Å². The lowest BCUT2D eigenvalue weighted by molar-refractivity contribution is 0.00453. The molecule has 8 rings (SSSR count). The van der Waals surface area contributed by atoms with E-state index in [0.717, 1.165) is 36.5 Å². The van der Waals surface area contributed by atoms with Crippen LogP contribution >= 0.6 is 0 Å². The first-order chi connectivity index (χ1) is 45.4. The van der Waals surface area contributed by atoms with Crippen molar-refractivity contribution in [3.8, 4) is 0 Å². The van der Waals surface area contributed by atoms with Crippen LogP contribution in [0, 0.1) is 23.7 Å². The number of halogens is 8. The lowest BCUT2D eigenvalue weighted by atomic mass is 9.77. The van der Waals surface area contributed by atoms with E-state index in [4.69, 9.17) is 0 Å². The van der Waals surface area contributed by atoms with E-state index in [9.17, 15) is 54.3 Å². The Balaban J connectivity index is 0.000000230. The summed E-state index contributed by atoms with van der Waals surface area (Å²) in [6.07, 6.45) is 33.6. The van der Waals surface area contributed by atoms with Crippen LogP contribution < -0.4 is 0 Å². The lowest BCUT2D eigenvalue weighted by Crippen LogP contribution is -2.28. The molecule has 0 bridgehead atoms. The summed E-state index contributed by atoms with van der Waals surface area (Å²) in [5.41, 5.74) is 5.30. The molecule has 0 aliphatic heterocycles. The van der Waals surface area contributed by atoms with Crippen LogP contribution in [-0.4, -0.2) is 46.8 Å². The predicted molar refractivity (Wildman–Crippen MR) is 375 cm³/mol. The van der Waals surface area contributed by atoms with Gasteiger partial charge in [-0.25, -0.2) is 0 Å². The van der Waals surface area contributed by atoms with Gasteiger partial charge in [-0.15, -0.1) is 0 Å². The third-order valence-electron chi connectivity index (χ3n) is 21.3. The molecule has 0 N–H and O–H groups in total. The number of hydrogen-bond donors (Lipinski definition) is 0. The predicted octanol–water partition coefficient (Wildman–Crippen LogP) is 26.7. The minimum atomic E-state index is -3.24. The molecule has 0 spiro atoms. The smallest absolute Gasteiger partial charge is 0.287 e. The second kappa shape index (κ2) is 40.8. The van der Waals surface area contributed by atoms with Crippen molar-refractivity contribution in [3.63, 3.8) is 0 Å². The normalized spacial score (nSPS) is 21.8. The number of unbranched alkanes of at least 4 members (excludes halogenated alkanes) is 4. The Hall–Kier alpha value is -5.00. The number of Topliss-reactive ketones (excluding diaryl/α,β-unsaturated/α-hetero) is 4. The van der Waals surface area contributed by atoms with E-state index in [0.29, 0.717) is 49.4 Å². The minimum Gasteiger partial charge on any atom is -0.287 e. The van der Waals surface area contributed by atoms with E-state index in [1.165, 1.54) is 183 Å². The summed E-state index contributed by atoms with van der Waals surface area (Å²) in [6, 6.07) is 27.7. The first-order valence-corrected chi connectivity index (χ1v) is 37.5. The van der Waals surface area contributed by atoms with Crippen LogP contribution in [0.1, 0.15) is 367 Å². The number of benzene rings is 4. The molecule has 0 unspecified atom stereocenters. The van der Waals surface area contributed by atoms with Gasteiger partial charge in [0.05, 0.1) is 0 Å². The fraction of sp³-hybridized carbons (Fsp3) is 0.663. The molecular weight excluding hydrogens is 1210 g/mol. The van der Waals surface area contributed by atoms with Crippen LogP contribution in [0.15, 0.2) is 97.1 Å². The number of hydrogen-bond acceptors (Lipinski definition) is 4. The molecular formula is C83H118F8O4. The van der Waals surface area contributed by atoms with Crippen LogP contribution in [0.3, 0.4) is 0 Å². The van der Waals surface area contributed by atoms with Crippen LogP contribution in [0.2, 0.25) is 0 Å². The highest BCUT2D eigenvalue weighted by Gasteiger charge is 2.41. The standard InChI is InChI=1S/C23H34F2O.C21H30F2O.C20H28F2O.C19H26F2O/c1-3-5-6-7-8-18-9-11-19(12-10-18)20-13-15-21(16-14-20)22(26)23(24,25)17-4-2;1-3-5-6-16-7-9-17(10-8-16)18-11-13-19(14-12-18)20(24)21(22,23)15-4-2;1-3-5-15-6-8-16(9-7-15)17-10-12-18(13-11-17)19(23)20(21,22)14-4-2;1-3-13-19(20,21)18(22)17-11-9-16(10-12-17)15-7-5-14(4-2)6-8-15/h13-16,18-19H,3-12,17H2,1-2H3;11-14,16-17H,3-10,15H2,1-2H3;10-13,15-16H,3-9,14H2,1-2H3;9-12,14-15H,3-8,13H2,1-2H3. The number of rotatable bonds is 31. The van der Waals surface area contributed by atoms with Crippen molar-refractivity contribution in [2.24, 2.45) is 23.7 Å². The van der Waals surface area contributed by atoms with Gasteiger partial charge in [0.25, 0.3) is 0 Å². The molecule has 4 fully saturated rings. The third kappa shape index (κ3) is 25.7. The number of ketones is 4. The van der Waals surface area contributed by atoms with Gasteiger partial charge >= 0.3 is 23.7 Å². The Kier molecular flexibility index (Phi) is 34.6. The fourth-order valence-corrected chi connectivity index (χ4v) is 15.2. The van der Waals surface area contributed by atoms with Crippen LogP contribution in [0.25, 0.3) is 0 Å². The van der Waals surface area contributed by atoms with Gasteiger partial charge in [-0.1, -0.05) is 223 Å². The molecule has 95 heavy (non-hydrogen) atoms. The van der Waals surface area contributed by atoms with Crippen LogP contribution in [0.5, 0.6) is 0 Å². The van der Waals surface area contributed by atoms with Gasteiger partial charge in [-0.2, -0.15) is 35.1 Å². The van der Waals surface area contributed by atoms with Crippen LogP contribution in [-0.2, 0) is 0 Å². The van der Waals surface area contributed by atoms with Gasteiger partial charge in [-0.05, 0) is 198 Å². The van der Waals surface area contributed by atoms with Crippen molar-refractivity contribution in [1.82, 2.24) is 0 Å². The molecule has 0 radical (unpaired) electrons. The lowest BCUT2D eigenvalue weighted by Gasteiger charge is -2.29. The largest absolute Gasteiger partial charge is 0.309 e. The Morgan fingerprint density at radius 3 is 0.726 bits per heavy atom. The van der Waals surface area contributed by atoms with Crippen molar-refractivity contribution in [1.29, 1.82) is 0 Å². The second-order valence-electron chi connectivity index (χ2n) is 28.7. The van der Waals surface area contributed by atoms with Crippen LogP contribution in [0.4, 0.5) is 35.1 Å². The first kappa shape index (κ1) is 80.7. The van der Waals surface area contributed by atoms with Crippen molar-refractivity contribution >= 4 is 23.1 Å². The SMILES string of the molecule is CCCC(F)(F)C(=O)c1ccc(C2CCC(CC)CC2)cc1.CCCC1CCC(c2ccc(C(=O)C(F)(F)CCC)cc2)CC1.CCCCC1CCC(c2ccc(C(=O)C(F)(F)CCC)cc2)CC1.CCCCCCC1CCC(c2ccc(C(=O)C(F)(F)CCC)cc2)CC1. The number of carbonyl (C=O) groups excluding carboxylic acids is 4. The highest BCUT2D eigenvalue weighted by molar-refractivity contribution is 6.03. The van der Waals surface area contributed by atoms with Gasteiger partial charge in [0.15, 0.2) is 0 Å². The van der Waals surface area contributed by atoms with E-state index >= 15 is 0 Å². The highest BCUT2D eigenvalue weighted by atomic mass is 19.3. The Labute approximate surface area is 567 Å². The molecule has 0 aromatic heterocycles. The second-order valence-corrected chi connectivity index (χ2v) is 28.7. The maximum absolute atomic E-state index is 13.8. The summed E-state index contributed by atoms with van der Waals surface area (Å²) < 4.78 is 110. The quantitative estimate of drug-likeness (QED) is 0.0286. The molecule has 4 saturated carbocycles. The first-order valence-electron chi connectivity index (χ1n) is 37.5. The molecule has 4 aliphatic carbocycles. The summed E-state index contributed by atoms with van der Waals surface area (Å²) in [5, 5.41) is 0. The molecule has 4 aromatic carbocycles. The Morgan fingerprint density at radius 1 is 0.274 bits per heavy atom. The van der Waals surface area contributed by atoms with E-state index in [1.807, 2.05) is 48.5 Å². The van der Waals surface area contributed by atoms with Crippen molar-refractivity contribution in [2.45, 2.75) is 327 Å². The number of carbonyl (C=O) groups is 4. The Morgan fingerprint density at radius 2 is 0.505 bits per heavy atom. The zero-order valence-electron chi connectivity index (χ0n) is 59.3. The summed E-state index contributed by atoms with van der Waals surface area (Å²) >= 11 is 0. The molecule has 0 amide bonds. The molecule has 0 heterocycles. The van der Waals surface area contributed by atoms with Gasteiger partial charge in [0, 0.05) is 47.9 Å². The molecule has 0 atom stereocenters. The maximum atomic E-state index is 13.8. The molecule has 0 saturated heterocycles. The maximum Gasteiger partial charge on any atom is 0.309 e. The molecule has 12 heteroatoms. The zero-order chi connectivity index (χ0) is 69.6. The van der Waals surface area contributed by atoms with E-state index in [2.05, 4.69) is 27.7 Å². The van der Waals surface area contributed by atoms with Crippen molar-refractivity contribution in [2.75, 3.05) is 0 Å². The van der Waals surface area contributed by atoms with Gasteiger partial charge in [0.2, 0.25) is 23.1 Å². The van der Waals surface area contributed by atoms with Gasteiger partial charge in [0.1, 0.15) is 0 Å². The van der Waals surface area contributed by atoms with E-state index in [-0.39, 0.29) is 47.9 Å². The van der Waals surface area contributed by atoms with Gasteiger partial charge < -0.3 is 0 Å². The van der Waals surface area contributed by atoms with Gasteiger partial charge in [-0.3, -0.25) is 19.2 Å². The average Bonchev–Trinajstić information content (AvgIpc) is 0.902. The summed E-state index contributed by atoms with van der Waals surface area (Å²) in [6.45, 7) is 15.6. The third-order valence-corrected chi connectivity index (χ3v) is 21.3. The molecule has 4 aromatic rings. The average molecular weight is 1330 g/mol. The zero-order valence-corrected chi connectivity index (χ0v) is 59.3.